The highest BCUT2D eigenvalue weighted by atomic mass is 32.2. The minimum Gasteiger partial charge on any atom is -0.274 e. The number of rotatable bonds is 1. The van der Waals surface area contributed by atoms with Crippen molar-refractivity contribution in [2.75, 3.05) is 5.75 Å². The van der Waals surface area contributed by atoms with Gasteiger partial charge in [0.05, 0.1) is 11.8 Å². The van der Waals surface area contributed by atoms with Crippen LogP contribution in [0.5, 0.6) is 0 Å². The van der Waals surface area contributed by atoms with E-state index in [-0.39, 0.29) is 29.5 Å². The third-order valence-electron chi connectivity index (χ3n) is 4.61. The average Bonchev–Trinajstić information content (AvgIpc) is 2.78. The second-order valence-electron chi connectivity index (χ2n) is 5.52. The first-order chi connectivity index (χ1) is 7.48. The van der Waals surface area contributed by atoms with Gasteiger partial charge in [-0.2, -0.15) is 0 Å². The molecule has 1 amide bonds. The number of hydrogen-bond acceptors (Lipinski definition) is 3. The van der Waals surface area contributed by atoms with E-state index >= 15 is 0 Å². The summed E-state index contributed by atoms with van der Waals surface area (Å²) in [4.78, 5) is 11.8. The van der Waals surface area contributed by atoms with Gasteiger partial charge >= 0.3 is 0 Å². The standard InChI is InChI=1S/C11H17NO3S/c1-2-10(13)12-9-5-8-3-4-11(9,6-8)7-16(12,14)15/h8-9H,2-7H2,1H3/t8-,9-,11-/m0/s1. The van der Waals surface area contributed by atoms with Gasteiger partial charge in [-0.1, -0.05) is 6.92 Å². The molecule has 0 unspecified atom stereocenters. The van der Waals surface area contributed by atoms with E-state index in [1.807, 2.05) is 0 Å². The minimum absolute atomic E-state index is 0.0105. The summed E-state index contributed by atoms with van der Waals surface area (Å²) in [6.45, 7) is 1.73. The van der Waals surface area contributed by atoms with Crippen LogP contribution in [0.25, 0.3) is 0 Å². The van der Waals surface area contributed by atoms with Crippen molar-refractivity contribution in [3.8, 4) is 0 Å². The molecule has 2 aliphatic carbocycles. The van der Waals surface area contributed by atoms with Crippen molar-refractivity contribution >= 4 is 15.9 Å². The highest BCUT2D eigenvalue weighted by Gasteiger charge is 2.63. The van der Waals surface area contributed by atoms with Gasteiger partial charge in [0.25, 0.3) is 0 Å². The molecule has 0 aromatic carbocycles. The van der Waals surface area contributed by atoms with Crippen molar-refractivity contribution in [3.05, 3.63) is 0 Å². The van der Waals surface area contributed by atoms with Gasteiger partial charge in [-0.3, -0.25) is 4.79 Å². The van der Waals surface area contributed by atoms with E-state index < -0.39 is 10.0 Å². The number of sulfonamides is 1. The number of hydrogen-bond donors (Lipinski definition) is 0. The van der Waals surface area contributed by atoms with Crippen molar-refractivity contribution in [2.24, 2.45) is 11.3 Å². The van der Waals surface area contributed by atoms with Crippen molar-refractivity contribution in [1.82, 2.24) is 4.31 Å². The number of amides is 1. The summed E-state index contributed by atoms with van der Waals surface area (Å²) in [5, 5.41) is 0. The van der Waals surface area contributed by atoms with Crippen LogP contribution in [0.2, 0.25) is 0 Å². The van der Waals surface area contributed by atoms with Gasteiger partial charge in [0.15, 0.2) is 0 Å². The van der Waals surface area contributed by atoms with E-state index in [0.717, 1.165) is 25.7 Å². The molecular weight excluding hydrogens is 226 g/mol. The van der Waals surface area contributed by atoms with Gasteiger partial charge in [-0.15, -0.1) is 0 Å². The average molecular weight is 243 g/mol. The highest BCUT2D eigenvalue weighted by molar-refractivity contribution is 7.90. The molecule has 0 aromatic heterocycles. The highest BCUT2D eigenvalue weighted by Crippen LogP contribution is 2.60. The maximum atomic E-state index is 12.1. The van der Waals surface area contributed by atoms with Crippen LogP contribution in [0.15, 0.2) is 0 Å². The lowest BCUT2D eigenvalue weighted by Gasteiger charge is -2.30. The summed E-state index contributed by atoms with van der Waals surface area (Å²) in [6, 6.07) is -0.0105. The zero-order valence-corrected chi connectivity index (χ0v) is 10.3. The molecular formula is C11H17NO3S. The summed E-state index contributed by atoms with van der Waals surface area (Å²) in [6.07, 6.45) is 4.36. The molecule has 90 valence electrons. The molecule has 16 heavy (non-hydrogen) atoms. The summed E-state index contributed by atoms with van der Waals surface area (Å²) in [5.74, 6) is 0.662. The molecule has 3 atom stereocenters. The molecule has 3 aliphatic rings. The topological polar surface area (TPSA) is 54.5 Å². The molecule has 0 aromatic rings. The Kier molecular flexibility index (Phi) is 1.98. The van der Waals surface area contributed by atoms with Crippen LogP contribution >= 0.6 is 0 Å². The van der Waals surface area contributed by atoms with Gasteiger partial charge in [-0.25, -0.2) is 12.7 Å². The maximum absolute atomic E-state index is 12.1. The third kappa shape index (κ3) is 1.15. The van der Waals surface area contributed by atoms with Crippen molar-refractivity contribution in [1.29, 1.82) is 0 Å². The summed E-state index contributed by atoms with van der Waals surface area (Å²) in [7, 11) is -3.32. The maximum Gasteiger partial charge on any atom is 0.238 e. The number of fused-ring (bicyclic) bond motifs is 1. The monoisotopic (exact) mass is 243 g/mol. The quantitative estimate of drug-likeness (QED) is 0.693. The molecule has 1 saturated heterocycles. The summed E-state index contributed by atoms with van der Waals surface area (Å²) < 4.78 is 25.4. The zero-order chi connectivity index (χ0) is 11.6. The molecule has 0 N–H and O–H groups in total. The Hall–Kier alpha value is -0.580. The fraction of sp³-hybridized carbons (Fsp3) is 0.909. The molecule has 2 bridgehead atoms. The Balaban J connectivity index is 2.03. The molecule has 4 nitrogen and oxygen atoms in total. The van der Waals surface area contributed by atoms with E-state index in [0.29, 0.717) is 5.92 Å². The Bertz CT molecular complexity index is 444. The molecule has 2 saturated carbocycles. The Morgan fingerprint density at radius 1 is 1.50 bits per heavy atom. The van der Waals surface area contributed by atoms with E-state index in [1.165, 1.54) is 4.31 Å². The fourth-order valence-corrected chi connectivity index (χ4v) is 6.48. The molecule has 1 spiro atoms. The van der Waals surface area contributed by atoms with Crippen LogP contribution < -0.4 is 0 Å². The predicted molar refractivity (Wildman–Crippen MR) is 59.1 cm³/mol. The van der Waals surface area contributed by atoms with E-state index in [1.54, 1.807) is 6.92 Å². The van der Waals surface area contributed by atoms with Crippen molar-refractivity contribution < 1.29 is 13.2 Å². The molecule has 3 fully saturated rings. The summed E-state index contributed by atoms with van der Waals surface area (Å²) >= 11 is 0. The van der Waals surface area contributed by atoms with Gasteiger partial charge < -0.3 is 0 Å². The smallest absolute Gasteiger partial charge is 0.238 e. The molecule has 5 heteroatoms. The van der Waals surface area contributed by atoms with Gasteiger partial charge in [0.1, 0.15) is 0 Å². The van der Waals surface area contributed by atoms with E-state index in [4.69, 9.17) is 0 Å². The van der Waals surface area contributed by atoms with E-state index in [2.05, 4.69) is 0 Å². The van der Waals surface area contributed by atoms with Crippen LogP contribution in [0.4, 0.5) is 0 Å². The summed E-state index contributed by atoms with van der Waals surface area (Å²) in [5.41, 5.74) is -0.0751. The SMILES string of the molecule is CCC(=O)N1[C@H]2C[C@@H]3CC[C@]2(C3)CS1(=O)=O. The molecule has 1 aliphatic heterocycles. The first kappa shape index (κ1) is 10.6. The first-order valence-corrected chi connectivity index (χ1v) is 7.64. The molecule has 3 rings (SSSR count). The lowest BCUT2D eigenvalue weighted by molar-refractivity contribution is -0.128. The third-order valence-corrected chi connectivity index (χ3v) is 6.61. The number of carbonyl (C=O) groups is 1. The first-order valence-electron chi connectivity index (χ1n) is 6.03. The van der Waals surface area contributed by atoms with Crippen LogP contribution in [-0.2, 0) is 14.8 Å². The second kappa shape index (κ2) is 3.00. The lowest BCUT2D eigenvalue weighted by atomic mass is 9.82. The zero-order valence-electron chi connectivity index (χ0n) is 9.48. The van der Waals surface area contributed by atoms with Gasteiger partial charge in [-0.05, 0) is 31.6 Å². The van der Waals surface area contributed by atoms with E-state index in [9.17, 15) is 13.2 Å². The van der Waals surface area contributed by atoms with Gasteiger partial charge in [0, 0.05) is 11.8 Å². The Labute approximate surface area is 96.1 Å². The predicted octanol–water partition coefficient (Wildman–Crippen LogP) is 1.13. The second-order valence-corrected chi connectivity index (χ2v) is 7.37. The van der Waals surface area contributed by atoms with Crippen LogP contribution in [0, 0.1) is 11.3 Å². The molecule has 0 radical (unpaired) electrons. The van der Waals surface area contributed by atoms with Gasteiger partial charge in [0.2, 0.25) is 15.9 Å². The van der Waals surface area contributed by atoms with Crippen LogP contribution in [0.1, 0.15) is 39.0 Å². The van der Waals surface area contributed by atoms with Crippen molar-refractivity contribution in [3.63, 3.8) is 0 Å². The largest absolute Gasteiger partial charge is 0.274 e. The van der Waals surface area contributed by atoms with Crippen LogP contribution in [0.3, 0.4) is 0 Å². The molecule has 1 heterocycles. The van der Waals surface area contributed by atoms with Crippen LogP contribution in [-0.4, -0.2) is 30.4 Å². The normalized spacial score (nSPS) is 43.7. The minimum atomic E-state index is -3.32. The fourth-order valence-electron chi connectivity index (χ4n) is 4.02. The Morgan fingerprint density at radius 3 is 2.88 bits per heavy atom. The Morgan fingerprint density at radius 2 is 2.25 bits per heavy atom. The number of nitrogens with zero attached hydrogens (tertiary/aromatic N) is 1. The van der Waals surface area contributed by atoms with Crippen molar-refractivity contribution in [2.45, 2.75) is 45.1 Å². The lowest BCUT2D eigenvalue weighted by Crippen LogP contribution is -2.41. The number of carbonyl (C=O) groups excluding carboxylic acids is 1.